The molecule has 0 aliphatic carbocycles. The molecule has 1 N–H and O–H groups in total. The molecular formula is C15H14Cl2FNO. The first-order valence-electron chi connectivity index (χ1n) is 6.06. The van der Waals surface area contributed by atoms with E-state index in [0.29, 0.717) is 10.0 Å². The average molecular weight is 314 g/mol. The van der Waals surface area contributed by atoms with Gasteiger partial charge in [0.15, 0.2) is 11.6 Å². The lowest BCUT2D eigenvalue weighted by atomic mass is 10.1. The third-order valence-corrected chi connectivity index (χ3v) is 3.72. The highest BCUT2D eigenvalue weighted by Gasteiger charge is 2.10. The van der Waals surface area contributed by atoms with Crippen molar-refractivity contribution in [2.24, 2.45) is 0 Å². The van der Waals surface area contributed by atoms with E-state index < -0.39 is 0 Å². The number of anilines is 1. The fourth-order valence-electron chi connectivity index (χ4n) is 1.87. The van der Waals surface area contributed by atoms with E-state index in [4.69, 9.17) is 27.9 Å². The van der Waals surface area contributed by atoms with E-state index in [0.717, 1.165) is 11.3 Å². The molecule has 0 spiro atoms. The smallest absolute Gasteiger partial charge is 0.165 e. The van der Waals surface area contributed by atoms with Crippen molar-refractivity contribution in [1.29, 1.82) is 0 Å². The fraction of sp³-hybridized carbons (Fsp3) is 0.200. The SMILES string of the molecule is COc1ccc(C(C)Nc2ccc(Cl)c(Cl)c2)cc1F. The van der Waals surface area contributed by atoms with Crippen LogP contribution in [0.4, 0.5) is 10.1 Å². The molecule has 0 saturated carbocycles. The molecule has 2 aromatic rings. The van der Waals surface area contributed by atoms with Gasteiger partial charge < -0.3 is 10.1 Å². The Morgan fingerprint density at radius 1 is 1.10 bits per heavy atom. The highest BCUT2D eigenvalue weighted by atomic mass is 35.5. The summed E-state index contributed by atoms with van der Waals surface area (Å²) in [5.41, 5.74) is 1.64. The second-order valence-electron chi connectivity index (χ2n) is 4.39. The number of halogens is 3. The van der Waals surface area contributed by atoms with Crippen LogP contribution in [0, 0.1) is 5.82 Å². The fourth-order valence-corrected chi connectivity index (χ4v) is 2.17. The maximum atomic E-state index is 13.7. The summed E-state index contributed by atoms with van der Waals surface area (Å²) in [6, 6.07) is 10.1. The summed E-state index contributed by atoms with van der Waals surface area (Å²) in [4.78, 5) is 0. The van der Waals surface area contributed by atoms with E-state index in [-0.39, 0.29) is 17.6 Å². The van der Waals surface area contributed by atoms with Crippen molar-refractivity contribution in [3.05, 3.63) is 57.8 Å². The lowest BCUT2D eigenvalue weighted by Gasteiger charge is -2.17. The molecular weight excluding hydrogens is 300 g/mol. The second kappa shape index (κ2) is 6.33. The Kier molecular flexibility index (Phi) is 4.73. The number of methoxy groups -OCH3 is 1. The number of hydrogen-bond acceptors (Lipinski definition) is 2. The topological polar surface area (TPSA) is 21.3 Å². The first-order valence-corrected chi connectivity index (χ1v) is 6.82. The maximum Gasteiger partial charge on any atom is 0.165 e. The van der Waals surface area contributed by atoms with E-state index in [2.05, 4.69) is 5.32 Å². The van der Waals surface area contributed by atoms with E-state index in [1.54, 1.807) is 18.2 Å². The minimum atomic E-state index is -0.382. The molecule has 2 aromatic carbocycles. The Bertz CT molecular complexity index is 619. The second-order valence-corrected chi connectivity index (χ2v) is 5.20. The molecule has 0 aromatic heterocycles. The summed E-state index contributed by atoms with van der Waals surface area (Å²) in [6.45, 7) is 1.93. The van der Waals surface area contributed by atoms with Crippen molar-refractivity contribution >= 4 is 28.9 Å². The Hall–Kier alpha value is -1.45. The van der Waals surface area contributed by atoms with Gasteiger partial charge in [-0.25, -0.2) is 4.39 Å². The standard InChI is InChI=1S/C15H14Cl2FNO/c1-9(10-3-6-15(20-2)14(18)7-10)19-11-4-5-12(16)13(17)8-11/h3-9,19H,1-2H3. The predicted molar refractivity (Wildman–Crippen MR) is 81.5 cm³/mol. The van der Waals surface area contributed by atoms with Gasteiger partial charge in [0.2, 0.25) is 0 Å². The Balaban J connectivity index is 2.17. The zero-order chi connectivity index (χ0) is 14.7. The molecule has 1 atom stereocenters. The number of benzene rings is 2. The van der Waals surface area contributed by atoms with Crippen LogP contribution in [0.2, 0.25) is 10.0 Å². The van der Waals surface area contributed by atoms with Gasteiger partial charge in [0.1, 0.15) is 0 Å². The molecule has 0 fully saturated rings. The number of hydrogen-bond donors (Lipinski definition) is 1. The molecule has 5 heteroatoms. The number of rotatable bonds is 4. The lowest BCUT2D eigenvalue weighted by Crippen LogP contribution is -2.07. The van der Waals surface area contributed by atoms with Crippen LogP contribution in [0.1, 0.15) is 18.5 Å². The molecule has 2 nitrogen and oxygen atoms in total. The van der Waals surface area contributed by atoms with Gasteiger partial charge >= 0.3 is 0 Å². The largest absolute Gasteiger partial charge is 0.494 e. The van der Waals surface area contributed by atoms with Crippen LogP contribution in [0.3, 0.4) is 0 Å². The van der Waals surface area contributed by atoms with Crippen molar-refractivity contribution in [3.63, 3.8) is 0 Å². The van der Waals surface area contributed by atoms with Gasteiger partial charge in [-0.05, 0) is 42.8 Å². The maximum absolute atomic E-state index is 13.7. The van der Waals surface area contributed by atoms with E-state index in [9.17, 15) is 4.39 Å². The quantitative estimate of drug-likeness (QED) is 0.825. The third-order valence-electron chi connectivity index (χ3n) is 2.98. The highest BCUT2D eigenvalue weighted by molar-refractivity contribution is 6.42. The molecule has 0 saturated heterocycles. The summed E-state index contributed by atoms with van der Waals surface area (Å²) in [5, 5.41) is 4.22. The van der Waals surface area contributed by atoms with Gasteiger partial charge in [0.05, 0.1) is 17.2 Å². The molecule has 0 amide bonds. The van der Waals surface area contributed by atoms with Gasteiger partial charge in [-0.2, -0.15) is 0 Å². The molecule has 0 aliphatic rings. The third kappa shape index (κ3) is 3.35. The summed E-state index contributed by atoms with van der Waals surface area (Å²) >= 11 is 11.8. The average Bonchev–Trinajstić information content (AvgIpc) is 2.42. The van der Waals surface area contributed by atoms with Crippen LogP contribution in [0.15, 0.2) is 36.4 Å². The summed E-state index contributed by atoms with van der Waals surface area (Å²) in [6.07, 6.45) is 0. The zero-order valence-corrected chi connectivity index (χ0v) is 12.6. The van der Waals surface area contributed by atoms with Crippen LogP contribution < -0.4 is 10.1 Å². The molecule has 2 rings (SSSR count). The van der Waals surface area contributed by atoms with Crippen molar-refractivity contribution in [2.45, 2.75) is 13.0 Å². The van der Waals surface area contributed by atoms with E-state index >= 15 is 0 Å². The predicted octanol–water partition coefficient (Wildman–Crippen LogP) is 5.31. The van der Waals surface area contributed by atoms with E-state index in [1.165, 1.54) is 13.2 Å². The highest BCUT2D eigenvalue weighted by Crippen LogP contribution is 2.28. The van der Waals surface area contributed by atoms with Crippen molar-refractivity contribution in [1.82, 2.24) is 0 Å². The van der Waals surface area contributed by atoms with Crippen LogP contribution in [0.25, 0.3) is 0 Å². The van der Waals surface area contributed by atoms with Crippen LogP contribution in [0.5, 0.6) is 5.75 Å². The van der Waals surface area contributed by atoms with Gasteiger partial charge in [-0.1, -0.05) is 29.3 Å². The van der Waals surface area contributed by atoms with Crippen LogP contribution in [-0.2, 0) is 0 Å². The van der Waals surface area contributed by atoms with Gasteiger partial charge in [0.25, 0.3) is 0 Å². The van der Waals surface area contributed by atoms with Gasteiger partial charge in [0, 0.05) is 11.7 Å². The summed E-state index contributed by atoms with van der Waals surface area (Å²) in [7, 11) is 1.44. The zero-order valence-electron chi connectivity index (χ0n) is 11.1. The van der Waals surface area contributed by atoms with E-state index in [1.807, 2.05) is 19.1 Å². The number of ether oxygens (including phenoxy) is 1. The Morgan fingerprint density at radius 2 is 1.85 bits per heavy atom. The molecule has 20 heavy (non-hydrogen) atoms. The van der Waals surface area contributed by atoms with Crippen molar-refractivity contribution in [3.8, 4) is 5.75 Å². The Labute approximate surface area is 127 Å². The van der Waals surface area contributed by atoms with Crippen LogP contribution >= 0.6 is 23.2 Å². The molecule has 0 heterocycles. The van der Waals surface area contributed by atoms with Crippen molar-refractivity contribution < 1.29 is 9.13 Å². The molecule has 0 aliphatic heterocycles. The first kappa shape index (κ1) is 14.9. The first-order chi connectivity index (χ1) is 9.51. The lowest BCUT2D eigenvalue weighted by molar-refractivity contribution is 0.386. The van der Waals surface area contributed by atoms with Gasteiger partial charge in [-0.15, -0.1) is 0 Å². The monoisotopic (exact) mass is 313 g/mol. The molecule has 106 valence electrons. The normalized spacial score (nSPS) is 12.1. The minimum absolute atomic E-state index is 0.0763. The number of nitrogens with one attached hydrogen (secondary N) is 1. The van der Waals surface area contributed by atoms with Crippen molar-refractivity contribution in [2.75, 3.05) is 12.4 Å². The minimum Gasteiger partial charge on any atom is -0.494 e. The van der Waals surface area contributed by atoms with Gasteiger partial charge in [-0.3, -0.25) is 0 Å². The molecule has 1 unspecified atom stereocenters. The molecule has 0 bridgehead atoms. The van der Waals surface area contributed by atoms with Crippen LogP contribution in [-0.4, -0.2) is 7.11 Å². The summed E-state index contributed by atoms with van der Waals surface area (Å²) in [5.74, 6) is -0.150. The summed E-state index contributed by atoms with van der Waals surface area (Å²) < 4.78 is 18.6. The Morgan fingerprint density at radius 3 is 2.45 bits per heavy atom. The molecule has 0 radical (unpaired) electrons.